The number of benzene rings is 2. The SMILES string of the molecule is CCc1nc2cc(F)ccc2n1C1CCN(Cc2ccc(C(C)(C)C)cc2)CC1.Cl. The van der Waals surface area contributed by atoms with Crippen molar-refractivity contribution in [2.45, 2.75) is 65.0 Å². The van der Waals surface area contributed by atoms with Crippen molar-refractivity contribution in [3.8, 4) is 0 Å². The second kappa shape index (κ2) is 9.07. The van der Waals surface area contributed by atoms with Crippen molar-refractivity contribution in [3.05, 3.63) is 65.2 Å². The molecule has 0 aliphatic carbocycles. The Morgan fingerprint density at radius 1 is 1.03 bits per heavy atom. The van der Waals surface area contributed by atoms with Gasteiger partial charge in [-0.15, -0.1) is 12.4 Å². The van der Waals surface area contributed by atoms with Crippen molar-refractivity contribution >= 4 is 23.4 Å². The monoisotopic (exact) mass is 429 g/mol. The highest BCUT2D eigenvalue weighted by atomic mass is 35.5. The summed E-state index contributed by atoms with van der Waals surface area (Å²) in [5.41, 5.74) is 4.82. The van der Waals surface area contributed by atoms with Crippen LogP contribution in [0.25, 0.3) is 11.0 Å². The summed E-state index contributed by atoms with van der Waals surface area (Å²) in [6, 6.07) is 14.5. The molecule has 2 heterocycles. The number of hydrogen-bond acceptors (Lipinski definition) is 2. The Hall–Kier alpha value is -1.91. The normalized spacial score (nSPS) is 16.0. The number of halogens is 2. The topological polar surface area (TPSA) is 21.1 Å². The van der Waals surface area contributed by atoms with E-state index in [4.69, 9.17) is 4.98 Å². The molecule has 1 aliphatic heterocycles. The molecule has 162 valence electrons. The minimum Gasteiger partial charge on any atom is -0.325 e. The maximum absolute atomic E-state index is 13.6. The summed E-state index contributed by atoms with van der Waals surface area (Å²) in [5, 5.41) is 0. The molecule has 2 aromatic carbocycles. The lowest BCUT2D eigenvalue weighted by molar-refractivity contribution is 0.180. The van der Waals surface area contributed by atoms with Crippen molar-refractivity contribution in [3.63, 3.8) is 0 Å². The molecule has 0 radical (unpaired) electrons. The van der Waals surface area contributed by atoms with Gasteiger partial charge >= 0.3 is 0 Å². The van der Waals surface area contributed by atoms with E-state index in [1.807, 2.05) is 6.07 Å². The second-order valence-electron chi connectivity index (χ2n) is 9.34. The molecule has 0 unspecified atom stereocenters. The Morgan fingerprint density at radius 2 is 1.70 bits per heavy atom. The van der Waals surface area contributed by atoms with Gasteiger partial charge in [0.15, 0.2) is 0 Å². The van der Waals surface area contributed by atoms with Crippen molar-refractivity contribution in [1.82, 2.24) is 14.5 Å². The molecule has 5 heteroatoms. The molecule has 0 N–H and O–H groups in total. The Kier molecular flexibility index (Phi) is 6.88. The van der Waals surface area contributed by atoms with Crippen LogP contribution in [0, 0.1) is 5.82 Å². The maximum Gasteiger partial charge on any atom is 0.125 e. The molecule has 1 fully saturated rings. The summed E-state index contributed by atoms with van der Waals surface area (Å²) < 4.78 is 16.0. The first-order valence-electron chi connectivity index (χ1n) is 10.8. The number of hydrogen-bond donors (Lipinski definition) is 0. The number of rotatable bonds is 4. The Morgan fingerprint density at radius 3 is 2.30 bits per heavy atom. The smallest absolute Gasteiger partial charge is 0.125 e. The van der Waals surface area contributed by atoms with Crippen LogP contribution in [0.2, 0.25) is 0 Å². The van der Waals surface area contributed by atoms with Gasteiger partial charge < -0.3 is 4.57 Å². The minimum atomic E-state index is -0.211. The van der Waals surface area contributed by atoms with E-state index in [-0.39, 0.29) is 23.6 Å². The minimum absolute atomic E-state index is 0. The highest BCUT2D eigenvalue weighted by Gasteiger charge is 2.24. The molecule has 1 saturated heterocycles. The Bertz CT molecular complexity index is 980. The van der Waals surface area contributed by atoms with Crippen LogP contribution in [-0.2, 0) is 18.4 Å². The van der Waals surface area contributed by atoms with Gasteiger partial charge in [0.1, 0.15) is 11.6 Å². The second-order valence-corrected chi connectivity index (χ2v) is 9.34. The van der Waals surface area contributed by atoms with Gasteiger partial charge in [0.25, 0.3) is 0 Å². The number of fused-ring (bicyclic) bond motifs is 1. The molecule has 1 aromatic heterocycles. The van der Waals surface area contributed by atoms with E-state index < -0.39 is 0 Å². The molecule has 0 amide bonds. The maximum atomic E-state index is 13.6. The van der Waals surface area contributed by atoms with E-state index >= 15 is 0 Å². The van der Waals surface area contributed by atoms with E-state index in [1.54, 1.807) is 12.1 Å². The van der Waals surface area contributed by atoms with Gasteiger partial charge in [-0.05, 0) is 41.5 Å². The summed E-state index contributed by atoms with van der Waals surface area (Å²) in [5.74, 6) is 0.860. The first-order valence-corrected chi connectivity index (χ1v) is 10.8. The van der Waals surface area contributed by atoms with Crippen LogP contribution in [0.15, 0.2) is 42.5 Å². The van der Waals surface area contributed by atoms with E-state index in [0.29, 0.717) is 6.04 Å². The third-order valence-electron chi connectivity index (χ3n) is 6.19. The third-order valence-corrected chi connectivity index (χ3v) is 6.19. The van der Waals surface area contributed by atoms with E-state index in [1.165, 1.54) is 11.1 Å². The lowest BCUT2D eigenvalue weighted by Gasteiger charge is -2.33. The lowest BCUT2D eigenvalue weighted by Crippen LogP contribution is -2.34. The highest BCUT2D eigenvalue weighted by molar-refractivity contribution is 5.85. The van der Waals surface area contributed by atoms with E-state index in [9.17, 15) is 4.39 Å². The van der Waals surface area contributed by atoms with Gasteiger partial charge in [-0.1, -0.05) is 52.0 Å². The summed E-state index contributed by atoms with van der Waals surface area (Å²) in [6.07, 6.45) is 3.09. The molecule has 3 aromatic rings. The summed E-state index contributed by atoms with van der Waals surface area (Å²) in [7, 11) is 0. The molecule has 0 bridgehead atoms. The van der Waals surface area contributed by atoms with Crippen LogP contribution in [0.5, 0.6) is 0 Å². The van der Waals surface area contributed by atoms with Gasteiger partial charge in [0.2, 0.25) is 0 Å². The van der Waals surface area contributed by atoms with Crippen molar-refractivity contribution < 1.29 is 4.39 Å². The quantitative estimate of drug-likeness (QED) is 0.485. The highest BCUT2D eigenvalue weighted by Crippen LogP contribution is 2.30. The van der Waals surface area contributed by atoms with Gasteiger partial charge in [-0.3, -0.25) is 4.90 Å². The molecule has 0 atom stereocenters. The van der Waals surface area contributed by atoms with E-state index in [2.05, 4.69) is 61.4 Å². The zero-order valence-electron chi connectivity index (χ0n) is 18.5. The van der Waals surface area contributed by atoms with Crippen LogP contribution in [0.3, 0.4) is 0 Å². The van der Waals surface area contributed by atoms with Crippen LogP contribution in [0.1, 0.15) is 63.5 Å². The summed E-state index contributed by atoms with van der Waals surface area (Å²) in [4.78, 5) is 7.24. The van der Waals surface area contributed by atoms with Crippen LogP contribution in [0.4, 0.5) is 4.39 Å². The number of imidazole rings is 1. The van der Waals surface area contributed by atoms with Crippen LogP contribution >= 0.6 is 12.4 Å². The van der Waals surface area contributed by atoms with Gasteiger partial charge in [-0.25, -0.2) is 9.37 Å². The van der Waals surface area contributed by atoms with Crippen LogP contribution < -0.4 is 0 Å². The largest absolute Gasteiger partial charge is 0.325 e. The molecule has 3 nitrogen and oxygen atoms in total. The molecule has 0 spiro atoms. The average molecular weight is 430 g/mol. The summed E-state index contributed by atoms with van der Waals surface area (Å²) in [6.45, 7) is 12.1. The van der Waals surface area contributed by atoms with Crippen molar-refractivity contribution in [1.29, 1.82) is 0 Å². The van der Waals surface area contributed by atoms with Gasteiger partial charge in [0.05, 0.1) is 11.0 Å². The summed E-state index contributed by atoms with van der Waals surface area (Å²) >= 11 is 0. The predicted molar refractivity (Wildman–Crippen MR) is 125 cm³/mol. The predicted octanol–water partition coefficient (Wildman–Crippen LogP) is 6.29. The number of likely N-dealkylation sites (tertiary alicyclic amines) is 1. The first-order chi connectivity index (χ1) is 13.8. The number of nitrogens with zero attached hydrogens (tertiary/aromatic N) is 3. The number of piperidine rings is 1. The molecular weight excluding hydrogens is 397 g/mol. The number of aromatic nitrogens is 2. The molecule has 0 saturated carbocycles. The van der Waals surface area contributed by atoms with Gasteiger partial charge in [-0.2, -0.15) is 0 Å². The Balaban J connectivity index is 0.00000256. The molecule has 30 heavy (non-hydrogen) atoms. The first kappa shape index (κ1) is 22.8. The average Bonchev–Trinajstić information content (AvgIpc) is 3.06. The third kappa shape index (κ3) is 4.70. The fourth-order valence-corrected chi connectivity index (χ4v) is 4.48. The zero-order valence-corrected chi connectivity index (χ0v) is 19.3. The van der Waals surface area contributed by atoms with Crippen LogP contribution in [-0.4, -0.2) is 27.5 Å². The van der Waals surface area contributed by atoms with Crippen molar-refractivity contribution in [2.24, 2.45) is 0 Å². The molecular formula is C25H33ClFN3. The molecule has 4 rings (SSSR count). The fraction of sp³-hybridized carbons (Fsp3) is 0.480. The molecule has 1 aliphatic rings. The standard InChI is InChI=1S/C25H32FN3.ClH/c1-5-24-27-22-16-20(26)10-11-23(22)29(24)21-12-14-28(15-13-21)17-18-6-8-19(9-7-18)25(2,3)4;/h6-11,16,21H,5,12-15,17H2,1-4H3;1H. The lowest BCUT2D eigenvalue weighted by atomic mass is 9.86. The Labute approximate surface area is 185 Å². The van der Waals surface area contributed by atoms with E-state index in [0.717, 1.165) is 55.8 Å². The fourth-order valence-electron chi connectivity index (χ4n) is 4.48. The zero-order chi connectivity index (χ0) is 20.6. The number of aryl methyl sites for hydroxylation is 1. The van der Waals surface area contributed by atoms with Crippen molar-refractivity contribution in [2.75, 3.05) is 13.1 Å². The van der Waals surface area contributed by atoms with Gasteiger partial charge in [0, 0.05) is 38.2 Å².